The van der Waals surface area contributed by atoms with Gasteiger partial charge in [-0.25, -0.2) is 8.42 Å². The molecule has 9 nitrogen and oxygen atoms in total. The molecule has 0 spiro atoms. The number of benzene rings is 3. The lowest BCUT2D eigenvalue weighted by Gasteiger charge is -2.23. The lowest BCUT2D eigenvalue weighted by molar-refractivity contribution is 0.174. The van der Waals surface area contributed by atoms with Gasteiger partial charge in [-0.15, -0.1) is 0 Å². The molecule has 1 aliphatic rings. The van der Waals surface area contributed by atoms with Gasteiger partial charge in [0.05, 0.1) is 17.2 Å². The Kier molecular flexibility index (Phi) is 5.93. The van der Waals surface area contributed by atoms with E-state index in [1.165, 1.54) is 4.31 Å². The minimum absolute atomic E-state index is 0.0107. The van der Waals surface area contributed by atoms with Crippen molar-refractivity contribution in [2.24, 2.45) is 0 Å². The largest absolute Gasteiger partial charge is 0.454 e. The van der Waals surface area contributed by atoms with Crippen molar-refractivity contribution in [2.45, 2.75) is 38.8 Å². The van der Waals surface area contributed by atoms with Crippen molar-refractivity contribution in [3.8, 4) is 11.5 Å². The average Bonchev–Trinajstić information content (AvgIpc) is 3.55. The first kappa shape index (κ1) is 24.5. The van der Waals surface area contributed by atoms with Gasteiger partial charge in [0.25, 0.3) is 5.56 Å². The number of nitrogens with one attached hydrogen (secondary N) is 1. The third-order valence-electron chi connectivity index (χ3n) is 6.95. The standard InChI is InChI=1S/C27H24N4O5S2/c1-15-4-7-19-11-20(27(32)28-24(19)17(15)3)13-31(12-18-6-9-22-23(10-18)36-14-35-22)38(33,34)26-16(2)5-8-21-25(26)30-37-29-21/h4-11H,12-14H2,1-3H3,(H,28,32). The van der Waals surface area contributed by atoms with E-state index < -0.39 is 10.0 Å². The number of aryl methyl sites for hydroxylation is 3. The summed E-state index contributed by atoms with van der Waals surface area (Å²) in [5.74, 6) is 1.16. The van der Waals surface area contributed by atoms with Crippen LogP contribution in [-0.2, 0) is 23.1 Å². The molecule has 1 N–H and O–H groups in total. The highest BCUT2D eigenvalue weighted by Crippen LogP contribution is 2.35. The number of fused-ring (bicyclic) bond motifs is 3. The lowest BCUT2D eigenvalue weighted by atomic mass is 10.0. The fraction of sp³-hybridized carbons (Fsp3) is 0.222. The summed E-state index contributed by atoms with van der Waals surface area (Å²) in [5, 5.41) is 0.838. The molecule has 6 rings (SSSR count). The summed E-state index contributed by atoms with van der Waals surface area (Å²) >= 11 is 0.963. The molecule has 5 aromatic rings. The molecule has 194 valence electrons. The Balaban J connectivity index is 1.48. The van der Waals surface area contributed by atoms with Crippen molar-refractivity contribution in [2.75, 3.05) is 6.79 Å². The number of rotatable bonds is 6. The first-order valence-electron chi connectivity index (χ1n) is 11.9. The molecule has 0 aliphatic carbocycles. The molecule has 0 saturated heterocycles. The van der Waals surface area contributed by atoms with Crippen molar-refractivity contribution >= 4 is 43.7 Å². The zero-order chi connectivity index (χ0) is 26.6. The normalized spacial score (nSPS) is 13.2. The highest BCUT2D eigenvalue weighted by molar-refractivity contribution is 7.89. The van der Waals surface area contributed by atoms with E-state index in [0.29, 0.717) is 39.2 Å². The topological polar surface area (TPSA) is 114 Å². The highest BCUT2D eigenvalue weighted by atomic mass is 32.2. The number of hydrogen-bond acceptors (Lipinski definition) is 8. The Bertz CT molecular complexity index is 1900. The predicted octanol–water partition coefficient (Wildman–Crippen LogP) is 4.58. The Morgan fingerprint density at radius 2 is 1.74 bits per heavy atom. The Morgan fingerprint density at radius 3 is 2.58 bits per heavy atom. The maximum absolute atomic E-state index is 14.3. The molecule has 0 unspecified atom stereocenters. The van der Waals surface area contributed by atoms with Crippen LogP contribution in [0.2, 0.25) is 0 Å². The maximum atomic E-state index is 14.3. The van der Waals surface area contributed by atoms with Gasteiger partial charge < -0.3 is 14.5 Å². The molecule has 0 fully saturated rings. The fourth-order valence-electron chi connectivity index (χ4n) is 4.73. The number of aromatic nitrogens is 3. The molecule has 0 saturated carbocycles. The zero-order valence-corrected chi connectivity index (χ0v) is 22.6. The van der Waals surface area contributed by atoms with E-state index in [1.807, 2.05) is 26.0 Å². The number of aromatic amines is 1. The number of hydrogen-bond donors (Lipinski definition) is 1. The molecule has 1 aliphatic heterocycles. The summed E-state index contributed by atoms with van der Waals surface area (Å²) in [6.45, 7) is 5.66. The van der Waals surface area contributed by atoms with Crippen LogP contribution in [0.5, 0.6) is 11.5 Å². The van der Waals surface area contributed by atoms with Crippen LogP contribution in [-0.4, -0.2) is 33.2 Å². The van der Waals surface area contributed by atoms with E-state index >= 15 is 0 Å². The first-order valence-corrected chi connectivity index (χ1v) is 14.1. The monoisotopic (exact) mass is 548 g/mol. The molecule has 0 amide bonds. The first-order chi connectivity index (χ1) is 18.2. The third kappa shape index (κ3) is 4.12. The molecule has 3 aromatic carbocycles. The highest BCUT2D eigenvalue weighted by Gasteiger charge is 2.31. The Morgan fingerprint density at radius 1 is 0.947 bits per heavy atom. The van der Waals surface area contributed by atoms with Gasteiger partial charge >= 0.3 is 0 Å². The van der Waals surface area contributed by atoms with Gasteiger partial charge in [-0.2, -0.15) is 13.1 Å². The molecule has 38 heavy (non-hydrogen) atoms. The minimum Gasteiger partial charge on any atom is -0.454 e. The van der Waals surface area contributed by atoms with Crippen molar-refractivity contribution < 1.29 is 17.9 Å². The van der Waals surface area contributed by atoms with Crippen molar-refractivity contribution in [1.29, 1.82) is 0 Å². The fourth-order valence-corrected chi connectivity index (χ4v) is 7.09. The zero-order valence-electron chi connectivity index (χ0n) is 20.9. The van der Waals surface area contributed by atoms with E-state index in [4.69, 9.17) is 9.47 Å². The van der Waals surface area contributed by atoms with E-state index in [2.05, 4.69) is 13.7 Å². The summed E-state index contributed by atoms with van der Waals surface area (Å²) in [5.41, 5.74) is 4.89. The summed E-state index contributed by atoms with van der Waals surface area (Å²) in [4.78, 5) is 16.3. The number of ether oxygens (including phenoxy) is 2. The van der Waals surface area contributed by atoms with Crippen molar-refractivity contribution in [3.63, 3.8) is 0 Å². The minimum atomic E-state index is -4.11. The van der Waals surface area contributed by atoms with Gasteiger partial charge in [0.2, 0.25) is 16.8 Å². The van der Waals surface area contributed by atoms with Gasteiger partial charge in [-0.1, -0.05) is 24.3 Å². The van der Waals surface area contributed by atoms with Crippen LogP contribution in [0.4, 0.5) is 0 Å². The number of H-pyrrole nitrogens is 1. The van der Waals surface area contributed by atoms with Crippen molar-refractivity contribution in [1.82, 2.24) is 18.0 Å². The summed E-state index contributed by atoms with van der Waals surface area (Å²) in [6.07, 6.45) is 0. The smallest absolute Gasteiger partial charge is 0.252 e. The molecule has 0 atom stereocenters. The second kappa shape index (κ2) is 9.19. The van der Waals surface area contributed by atoms with Gasteiger partial charge in [0.1, 0.15) is 15.9 Å². The van der Waals surface area contributed by atoms with Crippen LogP contribution < -0.4 is 15.0 Å². The second-order valence-electron chi connectivity index (χ2n) is 9.40. The quantitative estimate of drug-likeness (QED) is 0.330. The molecule has 2 aromatic heterocycles. The summed E-state index contributed by atoms with van der Waals surface area (Å²) < 4.78 is 49.3. The van der Waals surface area contributed by atoms with Crippen LogP contribution >= 0.6 is 11.7 Å². The van der Waals surface area contributed by atoms with Gasteiger partial charge in [-0.05, 0) is 72.7 Å². The number of nitrogens with zero attached hydrogens (tertiary/aromatic N) is 3. The number of sulfonamides is 1. The predicted molar refractivity (Wildman–Crippen MR) is 145 cm³/mol. The molecular weight excluding hydrogens is 524 g/mol. The second-order valence-corrected chi connectivity index (χ2v) is 11.8. The summed E-state index contributed by atoms with van der Waals surface area (Å²) in [7, 11) is -4.11. The van der Waals surface area contributed by atoms with Crippen LogP contribution in [0.3, 0.4) is 0 Å². The van der Waals surface area contributed by atoms with E-state index in [9.17, 15) is 13.2 Å². The summed E-state index contributed by atoms with van der Waals surface area (Å²) in [6, 6.07) is 14.5. The van der Waals surface area contributed by atoms with Gasteiger partial charge in [0.15, 0.2) is 11.5 Å². The molecule has 3 heterocycles. The molecule has 0 radical (unpaired) electrons. The third-order valence-corrected chi connectivity index (χ3v) is 9.46. The van der Waals surface area contributed by atoms with Crippen LogP contribution in [0, 0.1) is 20.8 Å². The Hall–Kier alpha value is -3.80. The average molecular weight is 549 g/mol. The van der Waals surface area contributed by atoms with E-state index in [0.717, 1.165) is 33.8 Å². The van der Waals surface area contributed by atoms with Gasteiger partial charge in [0, 0.05) is 18.7 Å². The molecule has 11 heteroatoms. The van der Waals surface area contributed by atoms with Crippen molar-refractivity contribution in [3.05, 3.63) is 86.7 Å². The van der Waals surface area contributed by atoms with Crippen LogP contribution in [0.25, 0.3) is 21.9 Å². The SMILES string of the molecule is Cc1ccc2nsnc2c1S(=O)(=O)N(Cc1ccc2c(c1)OCO2)Cc1cc2ccc(C)c(C)c2[nH]c1=O. The van der Waals surface area contributed by atoms with E-state index in [-0.39, 0.29) is 30.3 Å². The lowest BCUT2D eigenvalue weighted by Crippen LogP contribution is -2.33. The van der Waals surface area contributed by atoms with Crippen LogP contribution in [0.15, 0.2) is 58.2 Å². The van der Waals surface area contributed by atoms with Gasteiger partial charge in [-0.3, -0.25) is 4.79 Å². The molecule has 0 bridgehead atoms. The Labute approximate surface area is 223 Å². The number of pyridine rings is 1. The van der Waals surface area contributed by atoms with E-state index in [1.54, 1.807) is 43.3 Å². The van der Waals surface area contributed by atoms with Crippen LogP contribution in [0.1, 0.15) is 27.8 Å². The molecular formula is C27H24N4O5S2. The maximum Gasteiger partial charge on any atom is 0.252 e.